The number of carbonyl (C=O) groups excluding carboxylic acids is 1. The average Bonchev–Trinajstić information content (AvgIpc) is 3.10. The van der Waals surface area contributed by atoms with E-state index in [9.17, 15) is 13.2 Å². The highest BCUT2D eigenvalue weighted by molar-refractivity contribution is 7.91. The minimum Gasteiger partial charge on any atom is -0.497 e. The van der Waals surface area contributed by atoms with E-state index in [0.717, 1.165) is 11.3 Å². The van der Waals surface area contributed by atoms with Gasteiger partial charge >= 0.3 is 0 Å². The highest BCUT2D eigenvalue weighted by Crippen LogP contribution is 2.22. The summed E-state index contributed by atoms with van der Waals surface area (Å²) in [6.45, 7) is 0.147. The van der Waals surface area contributed by atoms with E-state index in [1.165, 1.54) is 0 Å². The van der Waals surface area contributed by atoms with E-state index in [1.54, 1.807) is 43.4 Å². The third-order valence-electron chi connectivity index (χ3n) is 4.90. The standard InChI is InChI=1S/C21H25NO6S/c1-26-18-5-3-16(4-6-18)13-22(17-11-12-29(24,25)15-17)21(23)14-28-20-9-7-19(27-2)8-10-20/h3-10,17H,11-15H2,1-2H3/t17-/m0/s1. The molecule has 7 nitrogen and oxygen atoms in total. The van der Waals surface area contributed by atoms with Crippen LogP contribution < -0.4 is 14.2 Å². The van der Waals surface area contributed by atoms with Crippen LogP contribution in [0.3, 0.4) is 0 Å². The van der Waals surface area contributed by atoms with Crippen molar-refractivity contribution in [3.63, 3.8) is 0 Å². The Morgan fingerprint density at radius 2 is 1.52 bits per heavy atom. The summed E-state index contributed by atoms with van der Waals surface area (Å²) >= 11 is 0. The van der Waals surface area contributed by atoms with Crippen LogP contribution in [0.15, 0.2) is 48.5 Å². The van der Waals surface area contributed by atoms with E-state index in [0.29, 0.717) is 24.5 Å². The van der Waals surface area contributed by atoms with Crippen molar-refractivity contribution in [2.24, 2.45) is 0 Å². The summed E-state index contributed by atoms with van der Waals surface area (Å²) in [5.74, 6) is 1.79. The summed E-state index contributed by atoms with van der Waals surface area (Å²) in [4.78, 5) is 14.5. The van der Waals surface area contributed by atoms with E-state index in [4.69, 9.17) is 14.2 Å². The van der Waals surface area contributed by atoms with Gasteiger partial charge in [0, 0.05) is 12.6 Å². The largest absolute Gasteiger partial charge is 0.497 e. The Balaban J connectivity index is 1.71. The fraction of sp³-hybridized carbons (Fsp3) is 0.381. The van der Waals surface area contributed by atoms with E-state index in [-0.39, 0.29) is 30.1 Å². The first-order valence-electron chi connectivity index (χ1n) is 9.30. The van der Waals surface area contributed by atoms with Crippen LogP contribution in [0.4, 0.5) is 0 Å². The number of nitrogens with zero attached hydrogens (tertiary/aromatic N) is 1. The van der Waals surface area contributed by atoms with E-state index in [1.807, 2.05) is 24.3 Å². The molecular weight excluding hydrogens is 394 g/mol. The molecule has 0 bridgehead atoms. The molecule has 1 aliphatic rings. The third-order valence-corrected chi connectivity index (χ3v) is 6.65. The van der Waals surface area contributed by atoms with Crippen LogP contribution in [-0.4, -0.2) is 57.6 Å². The molecule has 156 valence electrons. The van der Waals surface area contributed by atoms with Crippen molar-refractivity contribution in [1.82, 2.24) is 4.90 Å². The second kappa shape index (κ2) is 9.17. The second-order valence-electron chi connectivity index (χ2n) is 6.89. The van der Waals surface area contributed by atoms with E-state index < -0.39 is 9.84 Å². The van der Waals surface area contributed by atoms with E-state index in [2.05, 4.69) is 0 Å². The molecule has 1 heterocycles. The average molecular weight is 419 g/mol. The quantitative estimate of drug-likeness (QED) is 0.653. The van der Waals surface area contributed by atoms with Gasteiger partial charge in [-0.25, -0.2) is 8.42 Å². The normalized spacial score (nSPS) is 17.5. The van der Waals surface area contributed by atoms with Gasteiger partial charge in [0.15, 0.2) is 16.4 Å². The lowest BCUT2D eigenvalue weighted by molar-refractivity contribution is -0.136. The van der Waals surface area contributed by atoms with Crippen LogP contribution in [0.5, 0.6) is 17.2 Å². The van der Waals surface area contributed by atoms with Crippen molar-refractivity contribution in [2.45, 2.75) is 19.0 Å². The number of benzene rings is 2. The Bertz CT molecular complexity index is 925. The molecule has 0 N–H and O–H groups in total. The molecule has 0 aromatic heterocycles. The minimum atomic E-state index is -3.12. The van der Waals surface area contributed by atoms with Crippen LogP contribution in [0, 0.1) is 0 Å². The molecule has 1 fully saturated rings. The lowest BCUT2D eigenvalue weighted by atomic mass is 10.1. The molecule has 1 saturated heterocycles. The zero-order valence-corrected chi connectivity index (χ0v) is 17.4. The van der Waals surface area contributed by atoms with Crippen molar-refractivity contribution in [2.75, 3.05) is 32.3 Å². The summed E-state index contributed by atoms with van der Waals surface area (Å²) in [6, 6.07) is 14.0. The SMILES string of the molecule is COc1ccc(CN(C(=O)COc2ccc(OC)cc2)[C@H]2CCS(=O)(=O)C2)cc1. The Labute approximate surface area is 171 Å². The summed E-state index contributed by atoms with van der Waals surface area (Å²) in [7, 11) is 0.0432. The fourth-order valence-corrected chi connectivity index (χ4v) is 5.00. The zero-order chi connectivity index (χ0) is 20.9. The van der Waals surface area contributed by atoms with Crippen LogP contribution in [0.25, 0.3) is 0 Å². The van der Waals surface area contributed by atoms with Crippen LogP contribution in [0.2, 0.25) is 0 Å². The molecule has 0 saturated carbocycles. The number of ether oxygens (including phenoxy) is 3. The van der Waals surface area contributed by atoms with Crippen LogP contribution in [-0.2, 0) is 21.2 Å². The number of methoxy groups -OCH3 is 2. The molecule has 2 aromatic carbocycles. The first-order valence-corrected chi connectivity index (χ1v) is 11.1. The topological polar surface area (TPSA) is 82.1 Å². The maximum atomic E-state index is 12.9. The van der Waals surface area contributed by atoms with Crippen LogP contribution >= 0.6 is 0 Å². The highest BCUT2D eigenvalue weighted by Gasteiger charge is 2.34. The van der Waals surface area contributed by atoms with Gasteiger partial charge in [-0.05, 0) is 48.4 Å². The molecule has 3 rings (SSSR count). The lowest BCUT2D eigenvalue weighted by Crippen LogP contribution is -2.43. The first kappa shape index (κ1) is 21.0. The van der Waals surface area contributed by atoms with Gasteiger partial charge in [0.25, 0.3) is 5.91 Å². The molecule has 2 aromatic rings. The lowest BCUT2D eigenvalue weighted by Gasteiger charge is -2.28. The Morgan fingerprint density at radius 1 is 0.966 bits per heavy atom. The molecular formula is C21H25NO6S. The molecule has 29 heavy (non-hydrogen) atoms. The smallest absolute Gasteiger partial charge is 0.261 e. The number of rotatable bonds is 8. The van der Waals surface area contributed by atoms with Crippen LogP contribution in [0.1, 0.15) is 12.0 Å². The monoisotopic (exact) mass is 419 g/mol. The van der Waals surface area contributed by atoms with Crippen molar-refractivity contribution in [3.8, 4) is 17.2 Å². The van der Waals surface area contributed by atoms with Crippen molar-refractivity contribution in [3.05, 3.63) is 54.1 Å². The maximum absolute atomic E-state index is 12.9. The highest BCUT2D eigenvalue weighted by atomic mass is 32.2. The predicted molar refractivity (Wildman–Crippen MR) is 109 cm³/mol. The van der Waals surface area contributed by atoms with Gasteiger partial charge in [0.05, 0.1) is 25.7 Å². The fourth-order valence-electron chi connectivity index (χ4n) is 3.27. The van der Waals surface area contributed by atoms with Gasteiger partial charge in [-0.3, -0.25) is 4.79 Å². The Morgan fingerprint density at radius 3 is 2.03 bits per heavy atom. The number of hydrogen-bond acceptors (Lipinski definition) is 6. The summed E-state index contributed by atoms with van der Waals surface area (Å²) in [6.07, 6.45) is 0.437. The van der Waals surface area contributed by atoms with Gasteiger partial charge in [0.1, 0.15) is 17.2 Å². The first-order chi connectivity index (χ1) is 13.9. The van der Waals surface area contributed by atoms with Gasteiger partial charge in [0.2, 0.25) is 0 Å². The summed E-state index contributed by atoms with van der Waals surface area (Å²) in [5.41, 5.74) is 0.896. The number of hydrogen-bond donors (Lipinski definition) is 0. The number of amides is 1. The van der Waals surface area contributed by atoms with Gasteiger partial charge in [-0.15, -0.1) is 0 Å². The molecule has 8 heteroatoms. The van der Waals surface area contributed by atoms with Crippen molar-refractivity contribution in [1.29, 1.82) is 0 Å². The summed E-state index contributed by atoms with van der Waals surface area (Å²) in [5, 5.41) is 0. The Hall–Kier alpha value is -2.74. The van der Waals surface area contributed by atoms with Crippen molar-refractivity contribution < 1.29 is 27.4 Å². The minimum absolute atomic E-state index is 0.0164. The second-order valence-corrected chi connectivity index (χ2v) is 9.12. The molecule has 1 aliphatic heterocycles. The van der Waals surface area contributed by atoms with Gasteiger partial charge < -0.3 is 19.1 Å². The molecule has 0 spiro atoms. The zero-order valence-electron chi connectivity index (χ0n) is 16.5. The molecule has 1 atom stereocenters. The molecule has 0 radical (unpaired) electrons. The maximum Gasteiger partial charge on any atom is 0.261 e. The Kier molecular flexibility index (Phi) is 6.64. The van der Waals surface area contributed by atoms with E-state index >= 15 is 0 Å². The number of carbonyl (C=O) groups is 1. The third kappa shape index (κ3) is 5.63. The number of sulfone groups is 1. The van der Waals surface area contributed by atoms with Gasteiger partial charge in [-0.2, -0.15) is 0 Å². The predicted octanol–water partition coefficient (Wildman–Crippen LogP) is 2.30. The molecule has 0 unspecified atom stereocenters. The summed E-state index contributed by atoms with van der Waals surface area (Å²) < 4.78 is 39.8. The molecule has 1 amide bonds. The van der Waals surface area contributed by atoms with Gasteiger partial charge in [-0.1, -0.05) is 12.1 Å². The van der Waals surface area contributed by atoms with Crippen molar-refractivity contribution >= 4 is 15.7 Å². The molecule has 0 aliphatic carbocycles.